The number of fused-ring (bicyclic) bond motifs is 1. The molecule has 0 radical (unpaired) electrons. The minimum atomic E-state index is -4.85. The number of thiophene rings is 1. The van der Waals surface area contributed by atoms with E-state index in [0.29, 0.717) is 22.4 Å². The number of ether oxygens (including phenoxy) is 1. The first-order valence-corrected chi connectivity index (χ1v) is 7.43. The summed E-state index contributed by atoms with van der Waals surface area (Å²) in [7, 11) is 0. The van der Waals surface area contributed by atoms with Crippen LogP contribution in [0.25, 0.3) is 10.9 Å². The van der Waals surface area contributed by atoms with Gasteiger partial charge in [0.25, 0.3) is 5.91 Å². The van der Waals surface area contributed by atoms with E-state index in [1.54, 1.807) is 13.0 Å². The Kier molecular flexibility index (Phi) is 3.75. The molecule has 0 saturated heterocycles. The van der Waals surface area contributed by atoms with E-state index in [0.717, 1.165) is 16.7 Å². The van der Waals surface area contributed by atoms with Gasteiger partial charge in [0.2, 0.25) is 0 Å². The van der Waals surface area contributed by atoms with Gasteiger partial charge in [-0.25, -0.2) is 4.39 Å². The molecule has 0 bridgehead atoms. The monoisotopic (exact) mass is 359 g/mol. The number of hydrogen-bond acceptors (Lipinski definition) is 4. The summed E-state index contributed by atoms with van der Waals surface area (Å²) in [4.78, 5) is 12.6. The molecule has 0 aliphatic heterocycles. The first-order chi connectivity index (χ1) is 11.2. The van der Waals surface area contributed by atoms with Crippen LogP contribution in [-0.2, 0) is 0 Å². The van der Waals surface area contributed by atoms with Gasteiger partial charge in [-0.3, -0.25) is 9.36 Å². The van der Waals surface area contributed by atoms with Crippen molar-refractivity contribution in [3.8, 4) is 10.8 Å². The highest BCUT2D eigenvalue weighted by atomic mass is 32.1. The molecular formula is C15H9F4NO3S. The number of hydrogen-bond donors (Lipinski definition) is 1. The Morgan fingerprint density at radius 2 is 1.96 bits per heavy atom. The quantitative estimate of drug-likeness (QED) is 0.688. The van der Waals surface area contributed by atoms with Gasteiger partial charge in [0.05, 0.1) is 11.1 Å². The molecular weight excluding hydrogens is 350 g/mol. The predicted molar refractivity (Wildman–Crippen MR) is 79.0 cm³/mol. The maximum absolute atomic E-state index is 13.6. The number of phenols is 1. The van der Waals surface area contributed by atoms with Crippen molar-refractivity contribution in [3.05, 3.63) is 46.7 Å². The van der Waals surface area contributed by atoms with Crippen LogP contribution in [0.15, 0.2) is 29.6 Å². The minimum absolute atomic E-state index is 0.0201. The molecule has 1 aromatic carbocycles. The number of aromatic hydroxyl groups is 1. The Morgan fingerprint density at radius 3 is 2.62 bits per heavy atom. The van der Waals surface area contributed by atoms with Gasteiger partial charge in [-0.05, 0) is 19.1 Å². The second-order valence-electron chi connectivity index (χ2n) is 4.99. The van der Waals surface area contributed by atoms with Crippen LogP contribution in [0.5, 0.6) is 10.8 Å². The molecule has 3 rings (SSSR count). The number of nitrogens with zero attached hydrogens (tertiary/aromatic N) is 1. The molecule has 0 aliphatic rings. The zero-order valence-electron chi connectivity index (χ0n) is 12.0. The largest absolute Gasteiger partial charge is 0.573 e. The molecule has 2 aromatic heterocycles. The average molecular weight is 359 g/mol. The third-order valence-electron chi connectivity index (χ3n) is 3.30. The van der Waals surface area contributed by atoms with E-state index >= 15 is 0 Å². The summed E-state index contributed by atoms with van der Waals surface area (Å²) in [6, 6.07) is 4.71. The van der Waals surface area contributed by atoms with Crippen LogP contribution in [0.1, 0.15) is 16.1 Å². The Bertz CT molecular complexity index is 942. The fourth-order valence-electron chi connectivity index (χ4n) is 2.35. The van der Waals surface area contributed by atoms with Crippen LogP contribution in [0.2, 0.25) is 0 Å². The molecule has 126 valence electrons. The number of rotatable bonds is 2. The lowest BCUT2D eigenvalue weighted by molar-refractivity contribution is -0.273. The van der Waals surface area contributed by atoms with Crippen molar-refractivity contribution < 1.29 is 32.2 Å². The number of benzene rings is 1. The van der Waals surface area contributed by atoms with Crippen molar-refractivity contribution in [1.82, 2.24) is 4.57 Å². The maximum Gasteiger partial charge on any atom is 0.573 e. The van der Waals surface area contributed by atoms with Gasteiger partial charge in [-0.1, -0.05) is 0 Å². The van der Waals surface area contributed by atoms with Crippen LogP contribution in [0, 0.1) is 12.7 Å². The lowest BCUT2D eigenvalue weighted by Gasteiger charge is -2.06. The summed E-state index contributed by atoms with van der Waals surface area (Å²) >= 11 is 0.628. The number of phenolic OH excluding ortho intramolecular Hbond substituents is 1. The summed E-state index contributed by atoms with van der Waals surface area (Å²) in [6.07, 6.45) is -4.85. The zero-order chi connectivity index (χ0) is 17.6. The third-order valence-corrected chi connectivity index (χ3v) is 4.10. The van der Waals surface area contributed by atoms with Gasteiger partial charge in [0, 0.05) is 28.6 Å². The SMILES string of the molecule is Cc1cc2cc(O)c(F)cc2n1C(=O)c1csc(OC(F)(F)F)c1. The highest BCUT2D eigenvalue weighted by Crippen LogP contribution is 2.31. The minimum Gasteiger partial charge on any atom is -0.505 e. The molecule has 0 atom stereocenters. The van der Waals surface area contributed by atoms with Crippen molar-refractivity contribution in [2.45, 2.75) is 13.3 Å². The molecule has 1 N–H and O–H groups in total. The Hall–Kier alpha value is -2.55. The Balaban J connectivity index is 2.03. The van der Waals surface area contributed by atoms with Crippen LogP contribution >= 0.6 is 11.3 Å². The fraction of sp³-hybridized carbons (Fsp3) is 0.133. The molecule has 9 heteroatoms. The molecule has 2 heterocycles. The zero-order valence-corrected chi connectivity index (χ0v) is 12.8. The average Bonchev–Trinajstić information content (AvgIpc) is 3.01. The van der Waals surface area contributed by atoms with Crippen molar-refractivity contribution in [2.75, 3.05) is 0 Å². The second kappa shape index (κ2) is 5.52. The first-order valence-electron chi connectivity index (χ1n) is 6.55. The summed E-state index contributed by atoms with van der Waals surface area (Å²) in [5, 5.41) is 10.6. The Morgan fingerprint density at radius 1 is 1.25 bits per heavy atom. The second-order valence-corrected chi connectivity index (χ2v) is 5.86. The van der Waals surface area contributed by atoms with E-state index in [1.165, 1.54) is 11.4 Å². The number of alkyl halides is 3. The Labute approximate surface area is 136 Å². The molecule has 0 amide bonds. The van der Waals surface area contributed by atoms with E-state index in [9.17, 15) is 27.5 Å². The van der Waals surface area contributed by atoms with Crippen LogP contribution in [-0.4, -0.2) is 21.9 Å². The van der Waals surface area contributed by atoms with E-state index in [2.05, 4.69) is 4.74 Å². The highest BCUT2D eigenvalue weighted by Gasteiger charge is 2.32. The molecule has 24 heavy (non-hydrogen) atoms. The number of carbonyl (C=O) groups excluding carboxylic acids is 1. The number of carbonyl (C=O) groups is 1. The van der Waals surface area contributed by atoms with E-state index in [-0.39, 0.29) is 11.1 Å². The van der Waals surface area contributed by atoms with Gasteiger partial charge in [0.1, 0.15) is 0 Å². The van der Waals surface area contributed by atoms with Gasteiger partial charge in [-0.15, -0.1) is 24.5 Å². The normalized spacial score (nSPS) is 11.9. The molecule has 3 aromatic rings. The molecule has 0 spiro atoms. The molecule has 0 aliphatic carbocycles. The smallest absolute Gasteiger partial charge is 0.505 e. The van der Waals surface area contributed by atoms with Crippen molar-refractivity contribution in [2.24, 2.45) is 0 Å². The highest BCUT2D eigenvalue weighted by molar-refractivity contribution is 7.12. The first kappa shape index (κ1) is 16.3. The molecule has 0 unspecified atom stereocenters. The third kappa shape index (κ3) is 2.94. The molecule has 4 nitrogen and oxygen atoms in total. The molecule has 0 fully saturated rings. The lowest BCUT2D eigenvalue weighted by Crippen LogP contribution is -2.16. The van der Waals surface area contributed by atoms with E-state index in [1.807, 2.05) is 0 Å². The summed E-state index contributed by atoms with van der Waals surface area (Å²) in [6.45, 7) is 1.59. The van der Waals surface area contributed by atoms with Gasteiger partial charge < -0.3 is 9.84 Å². The topological polar surface area (TPSA) is 51.5 Å². The predicted octanol–water partition coefficient (Wildman–Crippen LogP) is 4.44. The van der Waals surface area contributed by atoms with Gasteiger partial charge >= 0.3 is 6.36 Å². The van der Waals surface area contributed by atoms with Crippen molar-refractivity contribution >= 4 is 28.1 Å². The van der Waals surface area contributed by atoms with E-state index < -0.39 is 28.9 Å². The van der Waals surface area contributed by atoms with Crippen LogP contribution in [0.3, 0.4) is 0 Å². The van der Waals surface area contributed by atoms with Crippen LogP contribution in [0.4, 0.5) is 17.6 Å². The number of aryl methyl sites for hydroxylation is 1. The van der Waals surface area contributed by atoms with Crippen LogP contribution < -0.4 is 4.74 Å². The number of halogens is 4. The summed E-state index contributed by atoms with van der Waals surface area (Å²) in [5.41, 5.74) is 0.634. The fourth-order valence-corrected chi connectivity index (χ4v) is 3.10. The van der Waals surface area contributed by atoms with Crippen molar-refractivity contribution in [3.63, 3.8) is 0 Å². The van der Waals surface area contributed by atoms with Gasteiger partial charge in [-0.2, -0.15) is 0 Å². The van der Waals surface area contributed by atoms with Crippen molar-refractivity contribution in [1.29, 1.82) is 0 Å². The number of aromatic nitrogens is 1. The maximum atomic E-state index is 13.6. The standard InChI is InChI=1S/C15H9F4NO3S/c1-7-2-8-3-12(21)10(16)5-11(8)20(7)14(22)9-4-13(24-6-9)23-15(17,18)19/h2-6,21H,1H3. The van der Waals surface area contributed by atoms with E-state index in [4.69, 9.17) is 0 Å². The summed E-state index contributed by atoms with van der Waals surface area (Å²) in [5.74, 6) is -2.08. The summed E-state index contributed by atoms with van der Waals surface area (Å²) < 4.78 is 55.1. The lowest BCUT2D eigenvalue weighted by atomic mass is 10.2. The van der Waals surface area contributed by atoms with Gasteiger partial charge in [0.15, 0.2) is 16.6 Å². The molecule has 0 saturated carbocycles.